The Kier molecular flexibility index (Phi) is 5.63. The molecular formula is C21H29NO5. The number of likely N-dealkylation sites (tertiary alicyclic amines) is 1. The Bertz CT molecular complexity index is 713. The van der Waals surface area contributed by atoms with Crippen LogP contribution in [0.2, 0.25) is 0 Å². The molecule has 0 radical (unpaired) electrons. The molecule has 0 spiro atoms. The van der Waals surface area contributed by atoms with E-state index < -0.39 is 11.5 Å². The molecule has 1 amide bonds. The van der Waals surface area contributed by atoms with Crippen LogP contribution in [0.1, 0.15) is 51.0 Å². The number of amides is 1. The number of hydrogen-bond acceptors (Lipinski definition) is 5. The first-order valence-electron chi connectivity index (χ1n) is 9.57. The van der Waals surface area contributed by atoms with Crippen LogP contribution in [-0.2, 0) is 9.53 Å². The fourth-order valence-corrected chi connectivity index (χ4v) is 4.28. The highest BCUT2D eigenvalue weighted by Crippen LogP contribution is 2.45. The third-order valence-electron chi connectivity index (χ3n) is 6.11. The van der Waals surface area contributed by atoms with Crippen LogP contribution in [0.5, 0.6) is 11.5 Å². The lowest BCUT2D eigenvalue weighted by Crippen LogP contribution is -2.35. The summed E-state index contributed by atoms with van der Waals surface area (Å²) in [4.78, 5) is 26.1. The van der Waals surface area contributed by atoms with Crippen molar-refractivity contribution >= 4 is 11.9 Å². The fraction of sp³-hybridized carbons (Fsp3) is 0.619. The van der Waals surface area contributed by atoms with Crippen molar-refractivity contribution in [2.45, 2.75) is 51.6 Å². The van der Waals surface area contributed by atoms with E-state index >= 15 is 0 Å². The third kappa shape index (κ3) is 3.75. The Labute approximate surface area is 160 Å². The molecule has 1 aromatic carbocycles. The molecule has 3 rings (SSSR count). The summed E-state index contributed by atoms with van der Waals surface area (Å²) < 4.78 is 16.6. The van der Waals surface area contributed by atoms with Crippen molar-refractivity contribution in [1.29, 1.82) is 0 Å². The highest BCUT2D eigenvalue weighted by molar-refractivity contribution is 5.85. The van der Waals surface area contributed by atoms with E-state index in [-0.39, 0.29) is 17.8 Å². The molecule has 27 heavy (non-hydrogen) atoms. The van der Waals surface area contributed by atoms with E-state index in [1.54, 1.807) is 18.9 Å². The zero-order valence-electron chi connectivity index (χ0n) is 16.6. The molecule has 6 nitrogen and oxygen atoms in total. The maximum Gasteiger partial charge on any atom is 0.409 e. The first-order valence-corrected chi connectivity index (χ1v) is 9.57. The number of nitrogens with zero attached hydrogens (tertiary/aromatic N) is 1. The van der Waals surface area contributed by atoms with Crippen molar-refractivity contribution in [3.8, 4) is 11.5 Å². The average molecular weight is 375 g/mol. The van der Waals surface area contributed by atoms with E-state index in [0.29, 0.717) is 24.6 Å². The van der Waals surface area contributed by atoms with Crippen LogP contribution in [-0.4, -0.2) is 50.2 Å². The van der Waals surface area contributed by atoms with Gasteiger partial charge in [-0.1, -0.05) is 13.0 Å². The number of rotatable bonds is 5. The molecule has 1 saturated carbocycles. The molecule has 1 aliphatic heterocycles. The zero-order valence-corrected chi connectivity index (χ0v) is 16.6. The number of ketones is 1. The summed E-state index contributed by atoms with van der Waals surface area (Å²) in [7, 11) is 2.99. The Balaban J connectivity index is 1.92. The molecule has 1 aromatic rings. The largest absolute Gasteiger partial charge is 0.493 e. The van der Waals surface area contributed by atoms with Crippen molar-refractivity contribution in [2.75, 3.05) is 27.3 Å². The minimum atomic E-state index is -0.659. The molecule has 6 heteroatoms. The summed E-state index contributed by atoms with van der Waals surface area (Å²) in [6.07, 6.45) is 4.29. The number of methoxy groups -OCH3 is 2. The van der Waals surface area contributed by atoms with Crippen LogP contribution in [0.25, 0.3) is 0 Å². The van der Waals surface area contributed by atoms with Crippen molar-refractivity contribution < 1.29 is 23.8 Å². The summed E-state index contributed by atoms with van der Waals surface area (Å²) in [6.45, 7) is 4.31. The van der Waals surface area contributed by atoms with Crippen molar-refractivity contribution in [3.05, 3.63) is 23.8 Å². The number of carbonyl (C=O) groups excluding carboxylic acids is 2. The lowest BCUT2D eigenvalue weighted by molar-refractivity contribution is -0.125. The summed E-state index contributed by atoms with van der Waals surface area (Å²) in [5, 5.41) is 0. The Morgan fingerprint density at radius 3 is 2.44 bits per heavy atom. The maximum absolute atomic E-state index is 12.5. The van der Waals surface area contributed by atoms with E-state index in [4.69, 9.17) is 14.2 Å². The highest BCUT2D eigenvalue weighted by Gasteiger charge is 2.49. The summed E-state index contributed by atoms with van der Waals surface area (Å²) >= 11 is 0. The summed E-state index contributed by atoms with van der Waals surface area (Å²) in [5.41, 5.74) is 0.320. The first-order chi connectivity index (χ1) is 12.9. The number of ether oxygens (including phenoxy) is 3. The van der Waals surface area contributed by atoms with Gasteiger partial charge in [0.2, 0.25) is 0 Å². The van der Waals surface area contributed by atoms with Crippen LogP contribution in [0, 0.1) is 5.41 Å². The molecule has 2 atom stereocenters. The molecule has 0 bridgehead atoms. The van der Waals surface area contributed by atoms with E-state index in [1.165, 1.54) is 20.0 Å². The Morgan fingerprint density at radius 2 is 1.85 bits per heavy atom. The molecule has 148 valence electrons. The topological polar surface area (TPSA) is 65.1 Å². The van der Waals surface area contributed by atoms with Gasteiger partial charge in [-0.05, 0) is 50.3 Å². The minimum absolute atomic E-state index is 0.0629. The van der Waals surface area contributed by atoms with Gasteiger partial charge in [-0.3, -0.25) is 4.79 Å². The van der Waals surface area contributed by atoms with Crippen LogP contribution >= 0.6 is 0 Å². The second-order valence-corrected chi connectivity index (χ2v) is 7.81. The van der Waals surface area contributed by atoms with Gasteiger partial charge in [-0.25, -0.2) is 4.79 Å². The van der Waals surface area contributed by atoms with Gasteiger partial charge >= 0.3 is 6.09 Å². The minimum Gasteiger partial charge on any atom is -0.493 e. The molecule has 1 heterocycles. The van der Waals surface area contributed by atoms with Crippen LogP contribution in [0.3, 0.4) is 0 Å². The normalized spacial score (nSPS) is 25.5. The van der Waals surface area contributed by atoms with Crippen LogP contribution in [0.15, 0.2) is 18.2 Å². The van der Waals surface area contributed by atoms with Gasteiger partial charge in [0.1, 0.15) is 5.78 Å². The van der Waals surface area contributed by atoms with Crippen molar-refractivity contribution in [1.82, 2.24) is 4.90 Å². The number of hydrogen-bond donors (Lipinski definition) is 0. The third-order valence-corrected chi connectivity index (χ3v) is 6.11. The number of carbonyl (C=O) groups is 2. The first kappa shape index (κ1) is 19.5. The predicted octanol–water partition coefficient (Wildman–Crippen LogP) is 3.78. The molecule has 0 N–H and O–H groups in total. The maximum atomic E-state index is 12.5. The second-order valence-electron chi connectivity index (χ2n) is 7.81. The van der Waals surface area contributed by atoms with Crippen molar-refractivity contribution in [2.24, 2.45) is 5.41 Å². The van der Waals surface area contributed by atoms with Crippen LogP contribution < -0.4 is 9.47 Å². The van der Waals surface area contributed by atoms with Gasteiger partial charge in [0, 0.05) is 19.0 Å². The lowest BCUT2D eigenvalue weighted by atomic mass is 9.73. The van der Waals surface area contributed by atoms with E-state index in [1.807, 2.05) is 25.1 Å². The van der Waals surface area contributed by atoms with Crippen LogP contribution in [0.4, 0.5) is 4.79 Å². The highest BCUT2D eigenvalue weighted by atomic mass is 16.5. The van der Waals surface area contributed by atoms with Gasteiger partial charge in [-0.2, -0.15) is 0 Å². The van der Waals surface area contributed by atoms with E-state index in [0.717, 1.165) is 18.4 Å². The molecule has 0 unspecified atom stereocenters. The zero-order chi connectivity index (χ0) is 19.6. The summed E-state index contributed by atoms with van der Waals surface area (Å²) in [5.74, 6) is 1.35. The predicted molar refractivity (Wildman–Crippen MR) is 101 cm³/mol. The molecule has 2 fully saturated rings. The Hall–Kier alpha value is -2.24. The van der Waals surface area contributed by atoms with Gasteiger partial charge in [0.25, 0.3) is 0 Å². The van der Waals surface area contributed by atoms with Gasteiger partial charge < -0.3 is 19.1 Å². The van der Waals surface area contributed by atoms with Gasteiger partial charge in [0.15, 0.2) is 11.5 Å². The number of Topliss-reactive ketones (excluding diaryl/α,β-unsaturated/α-hetero) is 1. The molecule has 1 aliphatic carbocycles. The Morgan fingerprint density at radius 1 is 1.15 bits per heavy atom. The monoisotopic (exact) mass is 375 g/mol. The fourth-order valence-electron chi connectivity index (χ4n) is 4.28. The molecule has 2 aliphatic rings. The smallest absolute Gasteiger partial charge is 0.409 e. The SMILES string of the molecule is COC(=O)N1C[C@H](c2ccc(OC)c(OC3CCCC3)c2)[C@@](C)(C(C)=O)C1. The van der Waals surface area contributed by atoms with E-state index in [2.05, 4.69) is 0 Å². The van der Waals surface area contributed by atoms with Gasteiger partial charge in [0.05, 0.1) is 25.7 Å². The van der Waals surface area contributed by atoms with Gasteiger partial charge in [-0.15, -0.1) is 0 Å². The second kappa shape index (κ2) is 7.79. The van der Waals surface area contributed by atoms with Crippen molar-refractivity contribution in [3.63, 3.8) is 0 Å². The molecule has 0 aromatic heterocycles. The summed E-state index contributed by atoms with van der Waals surface area (Å²) in [6, 6.07) is 5.83. The standard InChI is InChI=1S/C21H29NO5/c1-14(23)21(2)13-22(20(24)26-4)12-17(21)15-9-10-18(25-3)19(11-15)27-16-7-5-6-8-16/h9-11,16-17H,5-8,12-13H2,1-4H3/t17-,21-/m1/s1. The molecule has 1 saturated heterocycles. The molecular weight excluding hydrogens is 346 g/mol. The quantitative estimate of drug-likeness (QED) is 0.784. The van der Waals surface area contributed by atoms with E-state index in [9.17, 15) is 9.59 Å². The number of benzene rings is 1. The average Bonchev–Trinajstić information content (AvgIpc) is 3.29. The lowest BCUT2D eigenvalue weighted by Gasteiger charge is -2.28.